The third-order valence-electron chi connectivity index (χ3n) is 2.32. The lowest BCUT2D eigenvalue weighted by molar-refractivity contribution is 0.0662. The monoisotopic (exact) mass is 204 g/mol. The molecule has 0 spiro atoms. The molecule has 1 fully saturated rings. The van der Waals surface area contributed by atoms with E-state index >= 15 is 0 Å². The van der Waals surface area contributed by atoms with Gasteiger partial charge in [-0.25, -0.2) is 4.98 Å². The standard InChI is InChI=1S/C11H12N2O2/c12-7-9-3-1-5-13-11(9)15-8-10-4-2-6-14-10/h1,3,5,10H,2,4,6,8H2/t10-/m1/s1. The Morgan fingerprint density at radius 2 is 2.60 bits per heavy atom. The van der Waals surface area contributed by atoms with Crippen LogP contribution >= 0.6 is 0 Å². The first-order chi connectivity index (χ1) is 7.40. The SMILES string of the molecule is N#Cc1cccnc1OC[C@H]1CCCO1. The predicted octanol–water partition coefficient (Wildman–Crippen LogP) is 1.51. The Morgan fingerprint density at radius 1 is 1.67 bits per heavy atom. The number of aromatic nitrogens is 1. The first-order valence-corrected chi connectivity index (χ1v) is 4.99. The van der Waals surface area contributed by atoms with Gasteiger partial charge in [0, 0.05) is 12.8 Å². The van der Waals surface area contributed by atoms with Crippen molar-refractivity contribution >= 4 is 0 Å². The van der Waals surface area contributed by atoms with E-state index in [1.807, 2.05) is 6.07 Å². The minimum absolute atomic E-state index is 0.151. The lowest BCUT2D eigenvalue weighted by atomic mass is 10.2. The van der Waals surface area contributed by atoms with Gasteiger partial charge in [-0.3, -0.25) is 0 Å². The molecule has 4 heteroatoms. The number of hydrogen-bond donors (Lipinski definition) is 0. The second kappa shape index (κ2) is 4.76. The van der Waals surface area contributed by atoms with Crippen LogP contribution in [-0.4, -0.2) is 24.3 Å². The summed E-state index contributed by atoms with van der Waals surface area (Å²) in [5.74, 6) is 0.399. The van der Waals surface area contributed by atoms with Crippen LogP contribution in [0.1, 0.15) is 18.4 Å². The summed E-state index contributed by atoms with van der Waals surface area (Å²) in [4.78, 5) is 4.01. The lowest BCUT2D eigenvalue weighted by Crippen LogP contribution is -2.17. The van der Waals surface area contributed by atoms with Gasteiger partial charge < -0.3 is 9.47 Å². The van der Waals surface area contributed by atoms with E-state index in [1.54, 1.807) is 18.3 Å². The largest absolute Gasteiger partial charge is 0.474 e. The molecule has 0 radical (unpaired) electrons. The van der Waals surface area contributed by atoms with E-state index < -0.39 is 0 Å². The van der Waals surface area contributed by atoms with Crippen molar-refractivity contribution in [2.24, 2.45) is 0 Å². The van der Waals surface area contributed by atoms with Crippen molar-refractivity contribution in [3.05, 3.63) is 23.9 Å². The Labute approximate surface area is 88.5 Å². The third kappa shape index (κ3) is 2.45. The van der Waals surface area contributed by atoms with Crippen LogP contribution in [0.4, 0.5) is 0 Å². The predicted molar refractivity (Wildman–Crippen MR) is 53.4 cm³/mol. The summed E-state index contributed by atoms with van der Waals surface area (Å²) in [6.45, 7) is 1.28. The summed E-state index contributed by atoms with van der Waals surface area (Å²) in [5, 5.41) is 8.81. The Hall–Kier alpha value is -1.60. The van der Waals surface area contributed by atoms with Crippen molar-refractivity contribution in [1.82, 2.24) is 4.98 Å². The molecule has 15 heavy (non-hydrogen) atoms. The number of ether oxygens (including phenoxy) is 2. The summed E-state index contributed by atoms with van der Waals surface area (Å²) in [6.07, 6.45) is 3.88. The molecule has 1 aromatic heterocycles. The lowest BCUT2D eigenvalue weighted by Gasteiger charge is -2.10. The number of rotatable bonds is 3. The molecule has 0 aliphatic carbocycles. The van der Waals surface area contributed by atoms with Gasteiger partial charge >= 0.3 is 0 Å². The van der Waals surface area contributed by atoms with Crippen molar-refractivity contribution in [2.45, 2.75) is 18.9 Å². The number of nitriles is 1. The molecule has 1 saturated heterocycles. The van der Waals surface area contributed by atoms with Crippen LogP contribution in [0.25, 0.3) is 0 Å². The topological polar surface area (TPSA) is 55.1 Å². The second-order valence-electron chi connectivity index (χ2n) is 3.41. The molecular weight excluding hydrogens is 192 g/mol. The fourth-order valence-corrected chi connectivity index (χ4v) is 1.54. The highest BCUT2D eigenvalue weighted by Gasteiger charge is 2.16. The molecule has 1 atom stereocenters. The minimum Gasteiger partial charge on any atom is -0.474 e. The summed E-state index contributed by atoms with van der Waals surface area (Å²) in [7, 11) is 0. The van der Waals surface area contributed by atoms with Gasteiger partial charge in [-0.2, -0.15) is 5.26 Å². The Bertz CT molecular complexity index is 367. The van der Waals surface area contributed by atoms with Gasteiger partial charge in [-0.1, -0.05) is 0 Å². The average Bonchev–Trinajstić information content (AvgIpc) is 2.79. The Kier molecular flexibility index (Phi) is 3.15. The van der Waals surface area contributed by atoms with E-state index in [2.05, 4.69) is 4.98 Å². The highest BCUT2D eigenvalue weighted by Crippen LogP contribution is 2.16. The van der Waals surface area contributed by atoms with Gasteiger partial charge in [0.15, 0.2) is 0 Å². The number of pyridine rings is 1. The van der Waals surface area contributed by atoms with Crippen LogP contribution in [0, 0.1) is 11.3 Å². The Morgan fingerprint density at radius 3 is 3.33 bits per heavy atom. The number of hydrogen-bond acceptors (Lipinski definition) is 4. The van der Waals surface area contributed by atoms with Crippen molar-refractivity contribution in [3.63, 3.8) is 0 Å². The first-order valence-electron chi connectivity index (χ1n) is 4.99. The highest BCUT2D eigenvalue weighted by atomic mass is 16.5. The van der Waals surface area contributed by atoms with Crippen LogP contribution < -0.4 is 4.74 Å². The molecule has 4 nitrogen and oxygen atoms in total. The normalized spacial score (nSPS) is 19.8. The van der Waals surface area contributed by atoms with Gasteiger partial charge in [0.25, 0.3) is 0 Å². The van der Waals surface area contributed by atoms with Crippen LogP contribution in [-0.2, 0) is 4.74 Å². The maximum Gasteiger partial charge on any atom is 0.231 e. The van der Waals surface area contributed by atoms with Crippen LogP contribution in [0.5, 0.6) is 5.88 Å². The summed E-state index contributed by atoms with van der Waals surface area (Å²) >= 11 is 0. The van der Waals surface area contributed by atoms with Crippen LogP contribution in [0.15, 0.2) is 18.3 Å². The molecular formula is C11H12N2O2. The molecule has 0 bridgehead atoms. The van der Waals surface area contributed by atoms with E-state index in [9.17, 15) is 0 Å². The molecule has 0 unspecified atom stereocenters. The van der Waals surface area contributed by atoms with E-state index in [0.29, 0.717) is 18.1 Å². The van der Waals surface area contributed by atoms with Gasteiger partial charge in [-0.15, -0.1) is 0 Å². The molecule has 1 aliphatic rings. The summed E-state index contributed by atoms with van der Waals surface area (Å²) in [5.41, 5.74) is 0.468. The average molecular weight is 204 g/mol. The fraction of sp³-hybridized carbons (Fsp3) is 0.455. The van der Waals surface area contributed by atoms with Gasteiger partial charge in [0.1, 0.15) is 18.2 Å². The van der Waals surface area contributed by atoms with E-state index in [1.165, 1.54) is 0 Å². The van der Waals surface area contributed by atoms with Crippen LogP contribution in [0.2, 0.25) is 0 Å². The maximum absolute atomic E-state index is 8.81. The molecule has 0 amide bonds. The molecule has 2 rings (SSSR count). The zero-order chi connectivity index (χ0) is 10.5. The van der Waals surface area contributed by atoms with Crippen molar-refractivity contribution in [3.8, 4) is 11.9 Å². The quantitative estimate of drug-likeness (QED) is 0.748. The van der Waals surface area contributed by atoms with Crippen LogP contribution in [0.3, 0.4) is 0 Å². The Balaban J connectivity index is 1.95. The van der Waals surface area contributed by atoms with Crippen molar-refractivity contribution in [2.75, 3.05) is 13.2 Å². The number of nitrogens with zero attached hydrogens (tertiary/aromatic N) is 2. The summed E-state index contributed by atoms with van der Waals surface area (Å²) in [6, 6.07) is 5.45. The third-order valence-corrected chi connectivity index (χ3v) is 2.32. The zero-order valence-electron chi connectivity index (χ0n) is 8.35. The highest BCUT2D eigenvalue weighted by molar-refractivity contribution is 5.36. The van der Waals surface area contributed by atoms with E-state index in [4.69, 9.17) is 14.7 Å². The molecule has 78 valence electrons. The van der Waals surface area contributed by atoms with Crippen molar-refractivity contribution in [1.29, 1.82) is 5.26 Å². The summed E-state index contributed by atoms with van der Waals surface area (Å²) < 4.78 is 10.9. The zero-order valence-corrected chi connectivity index (χ0v) is 8.35. The molecule has 0 aromatic carbocycles. The van der Waals surface area contributed by atoms with E-state index in [-0.39, 0.29) is 6.10 Å². The first kappa shape index (κ1) is 9.94. The molecule has 1 aromatic rings. The van der Waals surface area contributed by atoms with Crippen molar-refractivity contribution < 1.29 is 9.47 Å². The molecule has 0 N–H and O–H groups in total. The van der Waals surface area contributed by atoms with Gasteiger partial charge in [-0.05, 0) is 25.0 Å². The molecule has 1 aliphatic heterocycles. The minimum atomic E-state index is 0.151. The smallest absolute Gasteiger partial charge is 0.231 e. The molecule has 0 saturated carbocycles. The fourth-order valence-electron chi connectivity index (χ4n) is 1.54. The molecule has 2 heterocycles. The van der Waals surface area contributed by atoms with Gasteiger partial charge in [0.2, 0.25) is 5.88 Å². The van der Waals surface area contributed by atoms with E-state index in [0.717, 1.165) is 19.4 Å². The van der Waals surface area contributed by atoms with Gasteiger partial charge in [0.05, 0.1) is 6.10 Å². The maximum atomic E-state index is 8.81. The second-order valence-corrected chi connectivity index (χ2v) is 3.41.